The molecule has 8 nitrogen and oxygen atoms in total. The van der Waals surface area contributed by atoms with E-state index in [9.17, 15) is 13.2 Å². The van der Waals surface area contributed by atoms with Gasteiger partial charge in [-0.1, -0.05) is 18.2 Å². The van der Waals surface area contributed by atoms with Gasteiger partial charge >= 0.3 is 0 Å². The predicted molar refractivity (Wildman–Crippen MR) is 112 cm³/mol. The van der Waals surface area contributed by atoms with Crippen LogP contribution in [0.25, 0.3) is 0 Å². The second kappa shape index (κ2) is 9.32. The Labute approximate surface area is 172 Å². The van der Waals surface area contributed by atoms with Crippen molar-refractivity contribution in [1.82, 2.24) is 16.2 Å². The highest BCUT2D eigenvalue weighted by atomic mass is 32.2. The Morgan fingerprint density at radius 2 is 2.04 bits per heavy atom. The number of hydrogen-bond acceptors (Lipinski definition) is 6. The van der Waals surface area contributed by atoms with Gasteiger partial charge in [-0.25, -0.2) is 8.42 Å². The minimum absolute atomic E-state index is 0.114. The van der Waals surface area contributed by atoms with Crippen LogP contribution in [-0.2, 0) is 14.8 Å². The molecule has 0 aliphatic carbocycles. The van der Waals surface area contributed by atoms with E-state index in [4.69, 9.17) is 17.0 Å². The van der Waals surface area contributed by atoms with Crippen LogP contribution in [0.5, 0.6) is 0 Å². The van der Waals surface area contributed by atoms with Gasteiger partial charge in [-0.05, 0) is 48.6 Å². The number of thiophene rings is 1. The first-order valence-electron chi connectivity index (χ1n) is 8.57. The molecule has 1 aromatic heterocycles. The molecule has 150 valence electrons. The summed E-state index contributed by atoms with van der Waals surface area (Å²) in [6.45, 7) is 1.31. The number of amides is 1. The van der Waals surface area contributed by atoms with Gasteiger partial charge in [0.05, 0.1) is 17.4 Å². The Hall–Kier alpha value is -2.21. The van der Waals surface area contributed by atoms with Crippen LogP contribution in [0.3, 0.4) is 0 Å². The van der Waals surface area contributed by atoms with Crippen LogP contribution in [-0.4, -0.2) is 38.7 Å². The third-order valence-corrected chi connectivity index (χ3v) is 6.99. The lowest BCUT2D eigenvalue weighted by Crippen LogP contribution is -2.48. The van der Waals surface area contributed by atoms with Gasteiger partial charge in [0.15, 0.2) is 5.11 Å². The van der Waals surface area contributed by atoms with Crippen molar-refractivity contribution in [3.05, 3.63) is 47.3 Å². The molecular formula is C17H20N4O4S3. The van der Waals surface area contributed by atoms with Crippen LogP contribution < -0.4 is 20.9 Å². The van der Waals surface area contributed by atoms with Gasteiger partial charge in [0.2, 0.25) is 0 Å². The number of carbonyl (C=O) groups excluding carboxylic acids is 1. The summed E-state index contributed by atoms with van der Waals surface area (Å²) >= 11 is 6.22. The van der Waals surface area contributed by atoms with E-state index in [1.807, 2.05) is 0 Å². The minimum atomic E-state index is -3.76. The van der Waals surface area contributed by atoms with Gasteiger partial charge in [-0.2, -0.15) is 0 Å². The number of ether oxygens (including phenoxy) is 1. The maximum absolute atomic E-state index is 12.5. The van der Waals surface area contributed by atoms with Gasteiger partial charge in [-0.15, -0.1) is 11.3 Å². The number of sulfonamides is 1. The fourth-order valence-electron chi connectivity index (χ4n) is 2.62. The summed E-state index contributed by atoms with van der Waals surface area (Å²) in [5, 5.41) is 4.89. The molecule has 0 unspecified atom stereocenters. The molecule has 2 aromatic rings. The van der Waals surface area contributed by atoms with Gasteiger partial charge in [0.25, 0.3) is 15.9 Å². The van der Waals surface area contributed by atoms with Crippen LogP contribution >= 0.6 is 23.6 Å². The molecule has 1 amide bonds. The molecule has 4 N–H and O–H groups in total. The fraction of sp³-hybridized carbons (Fsp3) is 0.294. The predicted octanol–water partition coefficient (Wildman–Crippen LogP) is 1.84. The van der Waals surface area contributed by atoms with E-state index < -0.39 is 15.9 Å². The summed E-state index contributed by atoms with van der Waals surface area (Å²) in [5.41, 5.74) is 5.42. The Kier molecular flexibility index (Phi) is 6.83. The molecule has 11 heteroatoms. The van der Waals surface area contributed by atoms with Crippen molar-refractivity contribution < 1.29 is 17.9 Å². The van der Waals surface area contributed by atoms with Crippen molar-refractivity contribution in [3.8, 4) is 0 Å². The van der Waals surface area contributed by atoms with Crippen molar-refractivity contribution in [3.63, 3.8) is 0 Å². The highest BCUT2D eigenvalue weighted by Crippen LogP contribution is 2.22. The number of hydrogen-bond donors (Lipinski definition) is 4. The minimum Gasteiger partial charge on any atom is -0.376 e. The maximum atomic E-state index is 12.5. The van der Waals surface area contributed by atoms with Crippen LogP contribution in [0.15, 0.2) is 46.0 Å². The van der Waals surface area contributed by atoms with Crippen LogP contribution in [0.2, 0.25) is 0 Å². The number of carbonyl (C=O) groups is 1. The topological polar surface area (TPSA) is 109 Å². The molecule has 1 aliphatic rings. The molecule has 0 saturated carbocycles. The van der Waals surface area contributed by atoms with Gasteiger partial charge in [0, 0.05) is 13.2 Å². The number of nitrogens with one attached hydrogen (secondary N) is 4. The average Bonchev–Trinajstić information content (AvgIpc) is 3.38. The highest BCUT2D eigenvalue weighted by molar-refractivity contribution is 7.94. The van der Waals surface area contributed by atoms with Crippen LogP contribution in [0.1, 0.15) is 23.2 Å². The Balaban J connectivity index is 1.58. The zero-order valence-electron chi connectivity index (χ0n) is 14.8. The first-order valence-corrected chi connectivity index (χ1v) is 11.3. The molecule has 28 heavy (non-hydrogen) atoms. The van der Waals surface area contributed by atoms with Crippen molar-refractivity contribution in [2.75, 3.05) is 17.9 Å². The lowest BCUT2D eigenvalue weighted by Gasteiger charge is -2.15. The summed E-state index contributed by atoms with van der Waals surface area (Å²) in [6, 6.07) is 9.47. The van der Waals surface area contributed by atoms with Crippen LogP contribution in [0, 0.1) is 0 Å². The maximum Gasteiger partial charge on any atom is 0.271 e. The molecule has 3 rings (SSSR count). The van der Waals surface area contributed by atoms with Gasteiger partial charge < -0.3 is 10.1 Å². The van der Waals surface area contributed by atoms with E-state index in [2.05, 4.69) is 20.9 Å². The zero-order chi connectivity index (χ0) is 20.0. The van der Waals surface area contributed by atoms with E-state index >= 15 is 0 Å². The summed E-state index contributed by atoms with van der Waals surface area (Å²) in [6.07, 6.45) is 2.11. The second-order valence-electron chi connectivity index (χ2n) is 6.01. The molecule has 1 aliphatic heterocycles. The lowest BCUT2D eigenvalue weighted by molar-refractivity contribution is 0.0944. The quantitative estimate of drug-likeness (QED) is 0.401. The first kappa shape index (κ1) is 20.5. The SMILES string of the molecule is O=C(NNC(=S)NC[C@H]1CCCO1)c1ccccc1NS(=O)(=O)c1cccs1. The number of benzene rings is 1. The molecular weight excluding hydrogens is 420 g/mol. The molecule has 2 heterocycles. The van der Waals surface area contributed by atoms with Crippen molar-refractivity contribution in [2.24, 2.45) is 0 Å². The molecule has 0 bridgehead atoms. The molecule has 0 spiro atoms. The van der Waals surface area contributed by atoms with E-state index in [-0.39, 0.29) is 26.7 Å². The van der Waals surface area contributed by atoms with E-state index in [1.54, 1.807) is 23.6 Å². The lowest BCUT2D eigenvalue weighted by atomic mass is 10.2. The Morgan fingerprint density at radius 1 is 1.21 bits per heavy atom. The summed E-state index contributed by atoms with van der Waals surface area (Å²) in [4.78, 5) is 12.5. The molecule has 1 fully saturated rings. The number of para-hydroxylation sites is 1. The van der Waals surface area contributed by atoms with Gasteiger partial charge in [0.1, 0.15) is 4.21 Å². The summed E-state index contributed by atoms with van der Waals surface area (Å²) in [7, 11) is -3.76. The smallest absolute Gasteiger partial charge is 0.271 e. The summed E-state index contributed by atoms with van der Waals surface area (Å²) in [5.74, 6) is -0.522. The number of thiocarbonyl (C=S) groups is 1. The highest BCUT2D eigenvalue weighted by Gasteiger charge is 2.20. The van der Waals surface area contributed by atoms with E-state index in [0.717, 1.165) is 30.8 Å². The van der Waals surface area contributed by atoms with Crippen molar-refractivity contribution >= 4 is 50.3 Å². The largest absolute Gasteiger partial charge is 0.376 e. The molecule has 0 radical (unpaired) electrons. The van der Waals surface area contributed by atoms with Crippen molar-refractivity contribution in [2.45, 2.75) is 23.2 Å². The number of anilines is 1. The third kappa shape index (κ3) is 5.41. The molecule has 1 aromatic carbocycles. The Bertz CT molecular complexity index is 926. The summed E-state index contributed by atoms with van der Waals surface area (Å²) < 4.78 is 33.0. The number of hydrazine groups is 1. The Morgan fingerprint density at radius 3 is 2.75 bits per heavy atom. The molecule has 1 saturated heterocycles. The third-order valence-electron chi connectivity index (χ3n) is 3.98. The number of rotatable bonds is 6. The van der Waals surface area contributed by atoms with E-state index in [1.165, 1.54) is 18.2 Å². The fourth-order valence-corrected chi connectivity index (χ4v) is 4.83. The molecule has 1 atom stereocenters. The van der Waals surface area contributed by atoms with Crippen LogP contribution in [0.4, 0.5) is 5.69 Å². The zero-order valence-corrected chi connectivity index (χ0v) is 17.3. The first-order chi connectivity index (χ1) is 13.5. The van der Waals surface area contributed by atoms with Crippen molar-refractivity contribution in [1.29, 1.82) is 0 Å². The monoisotopic (exact) mass is 440 g/mol. The normalized spacial score (nSPS) is 16.4. The second-order valence-corrected chi connectivity index (χ2v) is 9.27. The average molecular weight is 441 g/mol. The standard InChI is InChI=1S/C17H20N4O4S3/c22-16(19-20-17(26)18-11-12-5-3-9-25-12)13-6-1-2-7-14(13)21-28(23,24)15-8-4-10-27-15/h1-2,4,6-8,10,12,21H,3,5,9,11H2,(H,19,22)(H2,18,20,26)/t12-/m1/s1. The van der Waals surface area contributed by atoms with Gasteiger partial charge in [-0.3, -0.25) is 20.4 Å². The van der Waals surface area contributed by atoms with E-state index in [0.29, 0.717) is 6.54 Å².